The molecule has 14 heavy (non-hydrogen) atoms. The van der Waals surface area contributed by atoms with Gasteiger partial charge >= 0.3 is 0 Å². The number of hydrogen-bond acceptors (Lipinski definition) is 4. The van der Waals surface area contributed by atoms with Crippen molar-refractivity contribution in [3.05, 3.63) is 17.8 Å². The first-order chi connectivity index (χ1) is 6.88. The number of aromatic nitrogens is 1. The van der Waals surface area contributed by atoms with E-state index >= 15 is 0 Å². The lowest BCUT2D eigenvalue weighted by Gasteiger charge is -2.20. The molecule has 1 aliphatic rings. The fourth-order valence-electron chi connectivity index (χ4n) is 1.73. The number of aliphatic hydroxyl groups excluding tert-OH is 1. The molecule has 0 spiro atoms. The van der Waals surface area contributed by atoms with Gasteiger partial charge in [-0.3, -0.25) is 0 Å². The van der Waals surface area contributed by atoms with Crippen molar-refractivity contribution in [3.63, 3.8) is 0 Å². The summed E-state index contributed by atoms with van der Waals surface area (Å²) in [6.45, 7) is 1.61. The number of oxazole rings is 1. The van der Waals surface area contributed by atoms with E-state index in [0.717, 1.165) is 26.1 Å². The lowest BCUT2D eigenvalue weighted by atomic mass is 9.99. The third-order valence-electron chi connectivity index (χ3n) is 2.48. The van der Waals surface area contributed by atoms with Gasteiger partial charge in [0.05, 0.1) is 6.20 Å². The monoisotopic (exact) mass is 197 g/mol. The largest absolute Gasteiger partial charge is 0.443 e. The molecule has 1 atom stereocenters. The fraction of sp³-hybridized carbons (Fsp3) is 0.700. The van der Waals surface area contributed by atoms with E-state index in [-0.39, 0.29) is 6.61 Å². The van der Waals surface area contributed by atoms with Crippen LogP contribution < -0.4 is 0 Å². The van der Waals surface area contributed by atoms with E-state index in [2.05, 4.69) is 4.98 Å². The van der Waals surface area contributed by atoms with Crippen molar-refractivity contribution in [2.24, 2.45) is 5.92 Å². The maximum Gasteiger partial charge on any atom is 0.194 e. The van der Waals surface area contributed by atoms with Crippen molar-refractivity contribution in [1.82, 2.24) is 4.98 Å². The highest BCUT2D eigenvalue weighted by Crippen LogP contribution is 2.18. The Kier molecular flexibility index (Phi) is 3.16. The maximum atomic E-state index is 8.80. The van der Waals surface area contributed by atoms with E-state index in [9.17, 15) is 0 Å². The summed E-state index contributed by atoms with van der Waals surface area (Å²) in [4.78, 5) is 4.10. The van der Waals surface area contributed by atoms with Crippen LogP contribution in [0.5, 0.6) is 0 Å². The van der Waals surface area contributed by atoms with E-state index in [1.807, 2.05) is 0 Å². The van der Waals surface area contributed by atoms with Crippen LogP contribution in [0.4, 0.5) is 0 Å². The molecule has 2 heterocycles. The molecule has 1 aliphatic heterocycles. The summed E-state index contributed by atoms with van der Waals surface area (Å²) < 4.78 is 10.7. The standard InChI is InChI=1S/C10H15NO3/c12-6-9-5-11-10(14-9)4-8-2-1-3-13-7-8/h5,8,12H,1-4,6-7H2. The van der Waals surface area contributed by atoms with Gasteiger partial charge in [0.1, 0.15) is 12.4 Å². The van der Waals surface area contributed by atoms with Gasteiger partial charge in [-0.25, -0.2) is 4.98 Å². The average Bonchev–Trinajstić information content (AvgIpc) is 2.67. The number of aliphatic hydroxyl groups is 1. The van der Waals surface area contributed by atoms with Crippen LogP contribution in [-0.4, -0.2) is 23.3 Å². The second-order valence-corrected chi connectivity index (χ2v) is 3.67. The number of hydrogen-bond donors (Lipinski definition) is 1. The highest BCUT2D eigenvalue weighted by atomic mass is 16.5. The molecule has 0 aromatic carbocycles. The summed E-state index contributed by atoms with van der Waals surface area (Å²) in [6, 6.07) is 0. The van der Waals surface area contributed by atoms with Crippen molar-refractivity contribution >= 4 is 0 Å². The van der Waals surface area contributed by atoms with Crippen LogP contribution >= 0.6 is 0 Å². The Bertz CT molecular complexity index is 279. The second-order valence-electron chi connectivity index (χ2n) is 3.67. The third-order valence-corrected chi connectivity index (χ3v) is 2.48. The molecule has 4 heteroatoms. The Morgan fingerprint density at radius 1 is 1.57 bits per heavy atom. The molecule has 0 bridgehead atoms. The molecular weight excluding hydrogens is 182 g/mol. The number of ether oxygens (including phenoxy) is 1. The van der Waals surface area contributed by atoms with Crippen LogP contribution in [0.15, 0.2) is 10.6 Å². The minimum absolute atomic E-state index is 0.0752. The first kappa shape index (κ1) is 9.68. The van der Waals surface area contributed by atoms with E-state index in [4.69, 9.17) is 14.3 Å². The SMILES string of the molecule is OCc1cnc(CC2CCCOC2)o1. The zero-order valence-corrected chi connectivity index (χ0v) is 8.11. The maximum absolute atomic E-state index is 8.80. The van der Waals surface area contributed by atoms with E-state index in [1.165, 1.54) is 6.42 Å². The van der Waals surface area contributed by atoms with Gasteiger partial charge in [-0.05, 0) is 18.8 Å². The molecule has 1 unspecified atom stereocenters. The predicted molar refractivity (Wildman–Crippen MR) is 49.7 cm³/mol. The fourth-order valence-corrected chi connectivity index (χ4v) is 1.73. The Hall–Kier alpha value is -0.870. The van der Waals surface area contributed by atoms with Crippen molar-refractivity contribution in [2.45, 2.75) is 25.9 Å². The van der Waals surface area contributed by atoms with Crippen molar-refractivity contribution < 1.29 is 14.3 Å². The minimum atomic E-state index is -0.0752. The predicted octanol–water partition coefficient (Wildman–Crippen LogP) is 1.14. The zero-order valence-electron chi connectivity index (χ0n) is 8.11. The molecule has 4 nitrogen and oxygen atoms in total. The summed E-state index contributed by atoms with van der Waals surface area (Å²) >= 11 is 0. The third kappa shape index (κ3) is 2.33. The lowest BCUT2D eigenvalue weighted by molar-refractivity contribution is 0.0524. The Balaban J connectivity index is 1.89. The van der Waals surface area contributed by atoms with Gasteiger partial charge in [0.2, 0.25) is 0 Å². The van der Waals surface area contributed by atoms with Crippen molar-refractivity contribution in [1.29, 1.82) is 0 Å². The van der Waals surface area contributed by atoms with Crippen LogP contribution in [0, 0.1) is 5.92 Å². The molecule has 1 saturated heterocycles. The van der Waals surface area contributed by atoms with Crippen LogP contribution in [0.25, 0.3) is 0 Å². The molecule has 1 aromatic heterocycles. The zero-order chi connectivity index (χ0) is 9.80. The smallest absolute Gasteiger partial charge is 0.194 e. The second kappa shape index (κ2) is 4.57. The number of rotatable bonds is 3. The van der Waals surface area contributed by atoms with Crippen molar-refractivity contribution in [3.8, 4) is 0 Å². The topological polar surface area (TPSA) is 55.5 Å². The molecule has 0 aliphatic carbocycles. The Morgan fingerprint density at radius 2 is 2.50 bits per heavy atom. The van der Waals surface area contributed by atoms with E-state index < -0.39 is 0 Å². The highest BCUT2D eigenvalue weighted by Gasteiger charge is 2.16. The van der Waals surface area contributed by atoms with Gasteiger partial charge in [-0.2, -0.15) is 0 Å². The lowest BCUT2D eigenvalue weighted by Crippen LogP contribution is -2.19. The summed E-state index contributed by atoms with van der Waals surface area (Å²) in [7, 11) is 0. The first-order valence-corrected chi connectivity index (χ1v) is 5.00. The molecule has 0 amide bonds. The normalized spacial score (nSPS) is 22.5. The Labute approximate surface area is 82.9 Å². The molecular formula is C10H15NO3. The van der Waals surface area contributed by atoms with Crippen LogP contribution in [-0.2, 0) is 17.8 Å². The van der Waals surface area contributed by atoms with Crippen LogP contribution in [0.1, 0.15) is 24.5 Å². The van der Waals surface area contributed by atoms with Crippen molar-refractivity contribution in [2.75, 3.05) is 13.2 Å². The quantitative estimate of drug-likeness (QED) is 0.789. The van der Waals surface area contributed by atoms with Gasteiger partial charge in [-0.1, -0.05) is 0 Å². The summed E-state index contributed by atoms with van der Waals surface area (Å²) in [6.07, 6.45) is 4.70. The molecule has 0 saturated carbocycles. The van der Waals surface area contributed by atoms with Gasteiger partial charge in [0.15, 0.2) is 5.89 Å². The average molecular weight is 197 g/mol. The van der Waals surface area contributed by atoms with E-state index in [1.54, 1.807) is 6.20 Å². The minimum Gasteiger partial charge on any atom is -0.443 e. The van der Waals surface area contributed by atoms with Gasteiger partial charge < -0.3 is 14.3 Å². The van der Waals surface area contributed by atoms with Gasteiger partial charge in [0, 0.05) is 19.6 Å². The van der Waals surface area contributed by atoms with Crippen LogP contribution in [0.2, 0.25) is 0 Å². The van der Waals surface area contributed by atoms with Crippen LogP contribution in [0.3, 0.4) is 0 Å². The molecule has 78 valence electrons. The van der Waals surface area contributed by atoms with E-state index in [0.29, 0.717) is 17.6 Å². The van der Waals surface area contributed by atoms with Gasteiger partial charge in [0.25, 0.3) is 0 Å². The summed E-state index contributed by atoms with van der Waals surface area (Å²) in [5, 5.41) is 8.80. The van der Waals surface area contributed by atoms with Gasteiger partial charge in [-0.15, -0.1) is 0 Å². The molecule has 0 radical (unpaired) electrons. The molecule has 1 aromatic rings. The molecule has 1 N–H and O–H groups in total. The summed E-state index contributed by atoms with van der Waals surface area (Å²) in [5.74, 6) is 1.77. The Morgan fingerprint density at radius 3 is 3.14 bits per heavy atom. The molecule has 2 rings (SSSR count). The first-order valence-electron chi connectivity index (χ1n) is 5.00. The summed E-state index contributed by atoms with van der Waals surface area (Å²) in [5.41, 5.74) is 0. The highest BCUT2D eigenvalue weighted by molar-refractivity contribution is 4.93. The number of nitrogens with zero attached hydrogens (tertiary/aromatic N) is 1. The molecule has 1 fully saturated rings.